The molecule has 0 spiro atoms. The van der Waals surface area contributed by atoms with E-state index in [2.05, 4.69) is 4.98 Å². The highest BCUT2D eigenvalue weighted by atomic mass is 19.4. The van der Waals surface area contributed by atoms with Crippen molar-refractivity contribution >= 4 is 5.91 Å². The van der Waals surface area contributed by atoms with Crippen LogP contribution >= 0.6 is 0 Å². The molecule has 1 amide bonds. The quantitative estimate of drug-likeness (QED) is 0.646. The minimum absolute atomic E-state index is 0.100. The van der Waals surface area contributed by atoms with Gasteiger partial charge in [0.2, 0.25) is 5.89 Å². The summed E-state index contributed by atoms with van der Waals surface area (Å²) in [6.45, 7) is -2.13. The van der Waals surface area contributed by atoms with Crippen LogP contribution in [0, 0.1) is 5.41 Å². The van der Waals surface area contributed by atoms with E-state index in [9.17, 15) is 31.1 Å². The number of amides is 1. The van der Waals surface area contributed by atoms with Crippen molar-refractivity contribution in [1.29, 1.82) is 0 Å². The summed E-state index contributed by atoms with van der Waals surface area (Å²) in [6, 6.07) is 8.58. The fourth-order valence-corrected chi connectivity index (χ4v) is 3.57. The lowest BCUT2D eigenvalue weighted by Gasteiger charge is -2.33. The second-order valence-electron chi connectivity index (χ2n) is 7.43. The highest BCUT2D eigenvalue weighted by molar-refractivity contribution is 5.94. The summed E-state index contributed by atoms with van der Waals surface area (Å²) in [5.74, 6) is -0.719. The third kappa shape index (κ3) is 3.28. The van der Waals surface area contributed by atoms with Gasteiger partial charge in [0.1, 0.15) is 5.76 Å². The Hall–Kier alpha value is -2.52. The lowest BCUT2D eigenvalue weighted by molar-refractivity contribution is -0.334. The Morgan fingerprint density at radius 1 is 1.07 bits per heavy atom. The zero-order valence-electron chi connectivity index (χ0n) is 15.0. The van der Waals surface area contributed by atoms with Crippen molar-refractivity contribution in [3.8, 4) is 11.5 Å². The minimum atomic E-state index is -5.52. The van der Waals surface area contributed by atoms with Gasteiger partial charge in [0.15, 0.2) is 11.1 Å². The van der Waals surface area contributed by atoms with E-state index in [1.165, 1.54) is 0 Å². The second kappa shape index (κ2) is 6.50. The van der Waals surface area contributed by atoms with Gasteiger partial charge in [-0.25, -0.2) is 4.98 Å². The van der Waals surface area contributed by atoms with Gasteiger partial charge in [0.25, 0.3) is 5.91 Å². The molecule has 10 heteroatoms. The van der Waals surface area contributed by atoms with Crippen molar-refractivity contribution in [1.82, 2.24) is 9.88 Å². The van der Waals surface area contributed by atoms with Gasteiger partial charge in [-0.05, 0) is 31.4 Å². The number of likely N-dealkylation sites (tertiary alicyclic amines) is 1. The van der Waals surface area contributed by atoms with Gasteiger partial charge in [0, 0.05) is 24.6 Å². The number of halogens is 6. The summed E-state index contributed by atoms with van der Waals surface area (Å²) in [5.41, 5.74) is -3.57. The first kappa shape index (κ1) is 19.8. The topological polar surface area (TPSA) is 46.3 Å². The Bertz CT molecular complexity index is 901. The molecule has 4 nitrogen and oxygen atoms in total. The van der Waals surface area contributed by atoms with Crippen LogP contribution in [0.15, 0.2) is 34.7 Å². The molecule has 29 heavy (non-hydrogen) atoms. The number of rotatable bonds is 3. The van der Waals surface area contributed by atoms with Crippen LogP contribution in [0.3, 0.4) is 0 Å². The third-order valence-corrected chi connectivity index (χ3v) is 5.47. The van der Waals surface area contributed by atoms with E-state index in [1.54, 1.807) is 30.3 Å². The Kier molecular flexibility index (Phi) is 4.43. The van der Waals surface area contributed by atoms with E-state index in [-0.39, 0.29) is 23.3 Å². The molecule has 0 radical (unpaired) electrons. The van der Waals surface area contributed by atoms with E-state index >= 15 is 0 Å². The summed E-state index contributed by atoms with van der Waals surface area (Å²) in [7, 11) is 0. The van der Waals surface area contributed by atoms with Gasteiger partial charge in [-0.3, -0.25) is 4.79 Å². The van der Waals surface area contributed by atoms with E-state index < -0.39 is 43.2 Å². The number of benzene rings is 1. The highest BCUT2D eigenvalue weighted by Gasteiger charge is 2.73. The van der Waals surface area contributed by atoms with Crippen LogP contribution in [0.1, 0.15) is 41.4 Å². The van der Waals surface area contributed by atoms with Crippen molar-refractivity contribution in [2.24, 2.45) is 5.41 Å². The van der Waals surface area contributed by atoms with Crippen LogP contribution in [-0.2, 0) is 0 Å². The Morgan fingerprint density at radius 2 is 1.69 bits per heavy atom. The molecule has 0 atom stereocenters. The van der Waals surface area contributed by atoms with Crippen molar-refractivity contribution in [3.05, 3.63) is 41.8 Å². The average Bonchev–Trinajstić information content (AvgIpc) is 3.21. The number of hydrogen-bond acceptors (Lipinski definition) is 3. The Balaban J connectivity index is 1.66. The number of carbonyl (C=O) groups excluding carboxylic acids is 1. The molecule has 1 saturated heterocycles. The number of nitrogens with zero attached hydrogens (tertiary/aromatic N) is 2. The van der Waals surface area contributed by atoms with Gasteiger partial charge >= 0.3 is 12.4 Å². The van der Waals surface area contributed by atoms with Gasteiger partial charge < -0.3 is 9.32 Å². The smallest absolute Gasteiger partial charge is 0.404 e. The van der Waals surface area contributed by atoms with Gasteiger partial charge in [-0.2, -0.15) is 26.3 Å². The summed E-state index contributed by atoms with van der Waals surface area (Å²) in [5, 5.41) is 0. The molecule has 156 valence electrons. The first-order valence-corrected chi connectivity index (χ1v) is 9.02. The number of aromatic nitrogens is 1. The molecule has 1 aromatic heterocycles. The van der Waals surface area contributed by atoms with Crippen molar-refractivity contribution in [3.63, 3.8) is 0 Å². The fourth-order valence-electron chi connectivity index (χ4n) is 3.57. The first-order valence-electron chi connectivity index (χ1n) is 9.02. The van der Waals surface area contributed by atoms with Crippen LogP contribution in [0.5, 0.6) is 0 Å². The SMILES string of the molecule is O=C(c1nc(-c2ccccc2)oc1C1CC1)N1CCC(C(F)(F)F)(C(F)(F)F)C1. The molecule has 1 aliphatic heterocycles. The average molecular weight is 418 g/mol. The molecule has 0 bridgehead atoms. The second-order valence-corrected chi connectivity index (χ2v) is 7.43. The normalized spacial score (nSPS) is 19.6. The number of hydrogen-bond donors (Lipinski definition) is 0. The molecular formula is C19H16F6N2O2. The summed E-state index contributed by atoms with van der Waals surface area (Å²) < 4.78 is 85.5. The molecule has 2 aromatic rings. The van der Waals surface area contributed by atoms with Crippen LogP contribution < -0.4 is 0 Å². The minimum Gasteiger partial charge on any atom is -0.440 e. The van der Waals surface area contributed by atoms with Gasteiger partial charge in [-0.15, -0.1) is 0 Å². The molecule has 1 saturated carbocycles. The standard InChI is InChI=1S/C19H16F6N2O2/c20-18(21,22)17(19(23,24)25)8-9-27(10-17)16(28)13-14(11-6-7-11)29-15(26-13)12-4-2-1-3-5-12/h1-5,11H,6-10H2. The Labute approximate surface area is 161 Å². The van der Waals surface area contributed by atoms with Crippen molar-refractivity contribution in [2.75, 3.05) is 13.1 Å². The lowest BCUT2D eigenvalue weighted by Crippen LogP contribution is -2.52. The largest absolute Gasteiger partial charge is 0.440 e. The third-order valence-electron chi connectivity index (χ3n) is 5.47. The van der Waals surface area contributed by atoms with Crippen LogP contribution in [0.2, 0.25) is 0 Å². The van der Waals surface area contributed by atoms with Crippen molar-refractivity contribution in [2.45, 2.75) is 37.5 Å². The van der Waals surface area contributed by atoms with E-state index in [1.807, 2.05) is 0 Å². The molecule has 2 aliphatic rings. The first-order chi connectivity index (χ1) is 13.5. The molecule has 1 aromatic carbocycles. The monoisotopic (exact) mass is 418 g/mol. The zero-order valence-corrected chi connectivity index (χ0v) is 15.0. The maximum Gasteiger partial charge on any atom is 0.404 e. The van der Waals surface area contributed by atoms with Crippen LogP contribution in [-0.4, -0.2) is 41.2 Å². The molecule has 0 unspecified atom stereocenters. The Morgan fingerprint density at radius 3 is 2.21 bits per heavy atom. The molecule has 2 heterocycles. The predicted octanol–water partition coefficient (Wildman–Crippen LogP) is 5.18. The van der Waals surface area contributed by atoms with Crippen LogP contribution in [0.25, 0.3) is 11.5 Å². The van der Waals surface area contributed by atoms with Gasteiger partial charge in [-0.1, -0.05) is 18.2 Å². The van der Waals surface area contributed by atoms with E-state index in [0.717, 1.165) is 12.8 Å². The molecule has 2 fully saturated rings. The summed E-state index contributed by atoms with van der Waals surface area (Å²) >= 11 is 0. The van der Waals surface area contributed by atoms with E-state index in [0.29, 0.717) is 10.5 Å². The maximum atomic E-state index is 13.3. The molecule has 4 rings (SSSR count). The predicted molar refractivity (Wildman–Crippen MR) is 89.0 cm³/mol. The lowest BCUT2D eigenvalue weighted by atomic mass is 9.85. The van der Waals surface area contributed by atoms with Crippen LogP contribution in [0.4, 0.5) is 26.3 Å². The number of carbonyl (C=O) groups is 1. The van der Waals surface area contributed by atoms with E-state index in [4.69, 9.17) is 4.42 Å². The number of alkyl halides is 6. The van der Waals surface area contributed by atoms with Crippen molar-refractivity contribution < 1.29 is 35.6 Å². The maximum absolute atomic E-state index is 13.3. The van der Waals surface area contributed by atoms with Gasteiger partial charge in [0.05, 0.1) is 0 Å². The zero-order chi connectivity index (χ0) is 21.0. The molecule has 1 aliphatic carbocycles. The number of oxazole rings is 1. The molecule has 0 N–H and O–H groups in total. The molecular weight excluding hydrogens is 402 g/mol. The highest BCUT2D eigenvalue weighted by Crippen LogP contribution is 2.56. The summed E-state index contributed by atoms with van der Waals surface area (Å²) in [4.78, 5) is 17.6. The summed E-state index contributed by atoms with van der Waals surface area (Å²) in [6.07, 6.45) is -10.8. The fraction of sp³-hybridized carbons (Fsp3) is 0.474.